The predicted octanol–water partition coefficient (Wildman–Crippen LogP) is 0.777. The molecule has 0 bridgehead atoms. The Bertz CT molecular complexity index is 721. The highest BCUT2D eigenvalue weighted by molar-refractivity contribution is 6.28. The third-order valence-corrected chi connectivity index (χ3v) is 3.04. The second kappa shape index (κ2) is 4.32. The number of hydrogen-bond donors (Lipinski definition) is 2. The highest BCUT2D eigenvalue weighted by Crippen LogP contribution is 2.35. The van der Waals surface area contributed by atoms with E-state index in [4.69, 9.17) is 16.3 Å². The van der Waals surface area contributed by atoms with E-state index in [2.05, 4.69) is 15.0 Å². The van der Waals surface area contributed by atoms with Gasteiger partial charge < -0.3 is 14.8 Å². The molecule has 9 heteroatoms. The largest absolute Gasteiger partial charge is 0.467 e. The normalized spacial score (nSPS) is 25.6. The average molecular weight is 287 g/mol. The van der Waals surface area contributed by atoms with Crippen molar-refractivity contribution < 1.29 is 14.2 Å². The van der Waals surface area contributed by atoms with Crippen molar-refractivity contribution in [1.29, 1.82) is 0 Å². The minimum Gasteiger partial charge on any atom is -0.467 e. The summed E-state index contributed by atoms with van der Waals surface area (Å²) in [5.74, 6) is -0.321. The van der Waals surface area contributed by atoms with E-state index in [1.807, 2.05) is 0 Å². The number of fused-ring (bicyclic) bond motifs is 1. The molecule has 1 aliphatic rings. The number of H-pyrrole nitrogens is 1. The lowest BCUT2D eigenvalue weighted by Gasteiger charge is -2.11. The standard InChI is InChI=1S/C10H8ClFN4O3/c11-8(12)7-4(17)1-5(19-7)16-3-15-6-9(16)13-2-14-10(6)18/h2-5,17H,1H2,(H,13,14,18)/b8-7+/t4?,5-/m1/s1. The van der Waals surface area contributed by atoms with Crippen molar-refractivity contribution in [2.45, 2.75) is 18.8 Å². The zero-order valence-corrected chi connectivity index (χ0v) is 10.1. The number of aliphatic hydroxyl groups is 1. The lowest BCUT2D eigenvalue weighted by molar-refractivity contribution is 0.0967. The van der Waals surface area contributed by atoms with Gasteiger partial charge in [-0.3, -0.25) is 9.36 Å². The summed E-state index contributed by atoms with van der Waals surface area (Å²) in [6.45, 7) is 0. The number of aromatic nitrogens is 4. The molecule has 2 aromatic heterocycles. The van der Waals surface area contributed by atoms with Crippen molar-refractivity contribution in [1.82, 2.24) is 19.5 Å². The number of hydrogen-bond acceptors (Lipinski definition) is 5. The van der Waals surface area contributed by atoms with Crippen LogP contribution < -0.4 is 5.56 Å². The quantitative estimate of drug-likeness (QED) is 0.808. The molecule has 1 fully saturated rings. The van der Waals surface area contributed by atoms with Gasteiger partial charge in [-0.15, -0.1) is 0 Å². The van der Waals surface area contributed by atoms with Gasteiger partial charge >= 0.3 is 0 Å². The molecule has 2 atom stereocenters. The first kappa shape index (κ1) is 12.1. The van der Waals surface area contributed by atoms with E-state index in [9.17, 15) is 14.3 Å². The SMILES string of the molecule is O=c1[nH]cnc2c1ncn2[C@H]1CC(O)/C(=C(\F)Cl)O1. The van der Waals surface area contributed by atoms with Gasteiger partial charge in [0.2, 0.25) is 5.29 Å². The Hall–Kier alpha value is -1.93. The molecule has 2 aromatic rings. The molecule has 3 rings (SSSR count). The van der Waals surface area contributed by atoms with Crippen molar-refractivity contribution in [3.05, 3.63) is 34.1 Å². The van der Waals surface area contributed by atoms with Crippen molar-refractivity contribution in [3.8, 4) is 0 Å². The van der Waals surface area contributed by atoms with E-state index in [0.717, 1.165) is 0 Å². The van der Waals surface area contributed by atoms with Gasteiger partial charge in [0.1, 0.15) is 12.4 Å². The zero-order chi connectivity index (χ0) is 13.6. The third kappa shape index (κ3) is 1.89. The summed E-state index contributed by atoms with van der Waals surface area (Å²) in [7, 11) is 0. The number of nitrogens with one attached hydrogen (secondary N) is 1. The fraction of sp³-hybridized carbons (Fsp3) is 0.300. The molecule has 19 heavy (non-hydrogen) atoms. The van der Waals surface area contributed by atoms with Crippen LogP contribution in [-0.4, -0.2) is 30.7 Å². The highest BCUT2D eigenvalue weighted by atomic mass is 35.5. The van der Waals surface area contributed by atoms with Crippen LogP contribution >= 0.6 is 11.6 Å². The number of aromatic amines is 1. The first-order valence-electron chi connectivity index (χ1n) is 5.38. The minimum atomic E-state index is -1.14. The highest BCUT2D eigenvalue weighted by Gasteiger charge is 2.34. The topological polar surface area (TPSA) is 93.0 Å². The Balaban J connectivity index is 2.06. The average Bonchev–Trinajstić information content (AvgIpc) is 2.93. The van der Waals surface area contributed by atoms with E-state index in [-0.39, 0.29) is 28.9 Å². The molecule has 1 saturated heterocycles. The molecule has 3 heterocycles. The summed E-state index contributed by atoms with van der Waals surface area (Å²) < 4.78 is 19.6. The summed E-state index contributed by atoms with van der Waals surface area (Å²) in [6, 6.07) is 0. The van der Waals surface area contributed by atoms with Crippen LogP contribution in [0.5, 0.6) is 0 Å². The van der Waals surface area contributed by atoms with Crippen LogP contribution in [0.3, 0.4) is 0 Å². The fourth-order valence-corrected chi connectivity index (χ4v) is 2.16. The van der Waals surface area contributed by atoms with Crippen LogP contribution in [0.25, 0.3) is 11.2 Å². The van der Waals surface area contributed by atoms with E-state index >= 15 is 0 Å². The molecule has 0 radical (unpaired) electrons. The Labute approximate surface area is 110 Å². The summed E-state index contributed by atoms with van der Waals surface area (Å²) in [5, 5.41) is 8.53. The number of ether oxygens (including phenoxy) is 1. The summed E-state index contributed by atoms with van der Waals surface area (Å²) in [5.41, 5.74) is 0.0446. The van der Waals surface area contributed by atoms with Gasteiger partial charge in [0.05, 0.1) is 6.33 Å². The van der Waals surface area contributed by atoms with Crippen molar-refractivity contribution >= 4 is 22.8 Å². The van der Waals surface area contributed by atoms with Gasteiger partial charge in [0.25, 0.3) is 5.56 Å². The molecule has 1 unspecified atom stereocenters. The van der Waals surface area contributed by atoms with Gasteiger partial charge in [-0.1, -0.05) is 0 Å². The maximum Gasteiger partial charge on any atom is 0.278 e. The van der Waals surface area contributed by atoms with Crippen molar-refractivity contribution in [3.63, 3.8) is 0 Å². The Morgan fingerprint density at radius 1 is 1.63 bits per heavy atom. The third-order valence-electron chi connectivity index (χ3n) is 2.85. The molecule has 100 valence electrons. The second-order valence-electron chi connectivity index (χ2n) is 4.00. The smallest absolute Gasteiger partial charge is 0.278 e. The van der Waals surface area contributed by atoms with Crippen LogP contribution in [0.1, 0.15) is 12.6 Å². The molecule has 0 aliphatic carbocycles. The van der Waals surface area contributed by atoms with E-state index < -0.39 is 17.6 Å². The molecular formula is C10H8ClFN4O3. The first-order chi connectivity index (χ1) is 9.08. The Morgan fingerprint density at radius 3 is 3.11 bits per heavy atom. The number of halogens is 2. The van der Waals surface area contributed by atoms with Crippen LogP contribution in [0, 0.1) is 0 Å². The molecule has 7 nitrogen and oxygen atoms in total. The van der Waals surface area contributed by atoms with Gasteiger partial charge in [0, 0.05) is 6.42 Å². The lowest BCUT2D eigenvalue weighted by atomic mass is 10.2. The van der Waals surface area contributed by atoms with Crippen LogP contribution in [0.4, 0.5) is 4.39 Å². The summed E-state index contributed by atoms with van der Waals surface area (Å²) in [6.07, 6.45) is 0.817. The minimum absolute atomic E-state index is 0.0927. The van der Waals surface area contributed by atoms with Crippen molar-refractivity contribution in [2.24, 2.45) is 0 Å². The second-order valence-corrected chi connectivity index (χ2v) is 4.34. The summed E-state index contributed by atoms with van der Waals surface area (Å²) >= 11 is 5.18. The monoisotopic (exact) mass is 286 g/mol. The van der Waals surface area contributed by atoms with Gasteiger partial charge in [-0.2, -0.15) is 4.39 Å². The van der Waals surface area contributed by atoms with Crippen LogP contribution in [-0.2, 0) is 4.74 Å². The molecule has 0 saturated carbocycles. The summed E-state index contributed by atoms with van der Waals surface area (Å²) in [4.78, 5) is 21.8. The maximum absolute atomic E-state index is 12.9. The number of aliphatic hydroxyl groups excluding tert-OH is 1. The van der Waals surface area contributed by atoms with E-state index in [0.29, 0.717) is 0 Å². The fourth-order valence-electron chi connectivity index (χ4n) is 1.99. The molecule has 0 amide bonds. The van der Waals surface area contributed by atoms with Crippen molar-refractivity contribution in [2.75, 3.05) is 0 Å². The Kier molecular flexibility index (Phi) is 2.76. The number of rotatable bonds is 1. The maximum atomic E-state index is 12.9. The molecule has 0 spiro atoms. The predicted molar refractivity (Wildman–Crippen MR) is 62.9 cm³/mol. The molecule has 0 aromatic carbocycles. The Morgan fingerprint density at radius 2 is 2.42 bits per heavy atom. The van der Waals surface area contributed by atoms with Gasteiger partial charge in [0.15, 0.2) is 23.2 Å². The number of nitrogens with zero attached hydrogens (tertiary/aromatic N) is 3. The van der Waals surface area contributed by atoms with E-state index in [1.165, 1.54) is 17.2 Å². The van der Waals surface area contributed by atoms with Gasteiger partial charge in [-0.05, 0) is 11.6 Å². The van der Waals surface area contributed by atoms with Gasteiger partial charge in [-0.25, -0.2) is 9.97 Å². The molecule has 2 N–H and O–H groups in total. The zero-order valence-electron chi connectivity index (χ0n) is 9.38. The number of imidazole rings is 1. The molecular weight excluding hydrogens is 279 g/mol. The van der Waals surface area contributed by atoms with Crippen LogP contribution in [0.15, 0.2) is 28.5 Å². The lowest BCUT2D eigenvalue weighted by Crippen LogP contribution is -2.10. The van der Waals surface area contributed by atoms with E-state index in [1.54, 1.807) is 0 Å². The first-order valence-corrected chi connectivity index (χ1v) is 5.76. The van der Waals surface area contributed by atoms with Crippen LogP contribution in [0.2, 0.25) is 0 Å². The molecule has 1 aliphatic heterocycles.